The molecule has 1 N–H and O–H groups in total. The summed E-state index contributed by atoms with van der Waals surface area (Å²) in [5.41, 5.74) is 0. The average Bonchev–Trinajstić information content (AvgIpc) is 3.04. The summed E-state index contributed by atoms with van der Waals surface area (Å²) >= 11 is 1.83. The Morgan fingerprint density at radius 2 is 2.00 bits per heavy atom. The fourth-order valence-electron chi connectivity index (χ4n) is 2.22. The summed E-state index contributed by atoms with van der Waals surface area (Å²) < 4.78 is 0. The number of aliphatic imine (C=N–C) groups is 1. The van der Waals surface area contributed by atoms with E-state index >= 15 is 0 Å². The van der Waals surface area contributed by atoms with Crippen molar-refractivity contribution in [3.63, 3.8) is 0 Å². The van der Waals surface area contributed by atoms with Crippen LogP contribution in [0.1, 0.15) is 38.5 Å². The van der Waals surface area contributed by atoms with E-state index < -0.39 is 0 Å². The largest absolute Gasteiger partial charge is 0.357 e. The molecule has 0 aliphatic carbocycles. The van der Waals surface area contributed by atoms with Gasteiger partial charge in [-0.3, -0.25) is 4.99 Å². The van der Waals surface area contributed by atoms with E-state index in [0.717, 1.165) is 45.0 Å². The van der Waals surface area contributed by atoms with E-state index in [4.69, 9.17) is 4.99 Å². The van der Waals surface area contributed by atoms with Crippen LogP contribution in [0.15, 0.2) is 22.5 Å². The summed E-state index contributed by atoms with van der Waals surface area (Å²) in [5.74, 6) is 1.03. The van der Waals surface area contributed by atoms with Gasteiger partial charge < -0.3 is 15.1 Å². The van der Waals surface area contributed by atoms with Crippen LogP contribution in [0.2, 0.25) is 0 Å². The Hall–Kier alpha value is -0.340. The third kappa shape index (κ3) is 9.84. The highest BCUT2D eigenvalue weighted by molar-refractivity contribution is 14.0. The molecule has 0 radical (unpaired) electrons. The summed E-state index contributed by atoms with van der Waals surface area (Å²) in [6.45, 7) is 10.6. The molecule has 6 heteroatoms. The van der Waals surface area contributed by atoms with Gasteiger partial charge in [0.15, 0.2) is 5.96 Å². The SMILES string of the molecule is CCNC(=NCCCCN(C)C(C)C)N(C)CCc1cccs1.I. The van der Waals surface area contributed by atoms with E-state index in [-0.39, 0.29) is 24.0 Å². The predicted molar refractivity (Wildman–Crippen MR) is 119 cm³/mol. The van der Waals surface area contributed by atoms with E-state index in [0.29, 0.717) is 6.04 Å². The summed E-state index contributed by atoms with van der Waals surface area (Å²) in [4.78, 5) is 10.8. The molecule has 0 aliphatic heterocycles. The molecule has 0 aromatic carbocycles. The lowest BCUT2D eigenvalue weighted by Gasteiger charge is -2.22. The van der Waals surface area contributed by atoms with E-state index in [1.165, 1.54) is 11.3 Å². The molecule has 1 heterocycles. The monoisotopic (exact) mass is 466 g/mol. The molecule has 1 aromatic heterocycles. The zero-order valence-corrected chi connectivity index (χ0v) is 19.1. The molecule has 0 unspecified atom stereocenters. The molecule has 1 aromatic rings. The van der Waals surface area contributed by atoms with E-state index in [2.05, 4.69) is 67.5 Å². The maximum absolute atomic E-state index is 4.77. The second kappa shape index (κ2) is 13.9. The number of guanidine groups is 1. The molecule has 0 bridgehead atoms. The Labute approximate surface area is 169 Å². The van der Waals surface area contributed by atoms with Gasteiger partial charge >= 0.3 is 0 Å². The first-order valence-corrected chi connectivity index (χ1v) is 9.64. The normalized spacial score (nSPS) is 11.7. The number of nitrogens with one attached hydrogen (secondary N) is 1. The van der Waals surface area contributed by atoms with Crippen LogP contribution in [0.3, 0.4) is 0 Å². The predicted octanol–water partition coefficient (Wildman–Crippen LogP) is 3.93. The number of hydrogen-bond acceptors (Lipinski definition) is 3. The van der Waals surface area contributed by atoms with Crippen LogP contribution in [0.4, 0.5) is 0 Å². The first-order chi connectivity index (χ1) is 11.0. The molecule has 24 heavy (non-hydrogen) atoms. The maximum atomic E-state index is 4.77. The van der Waals surface area contributed by atoms with Gasteiger partial charge in [-0.15, -0.1) is 35.3 Å². The number of unbranched alkanes of at least 4 members (excludes halogenated alkanes) is 1. The molecule has 0 saturated heterocycles. The van der Waals surface area contributed by atoms with Crippen molar-refractivity contribution in [2.75, 3.05) is 40.3 Å². The molecular formula is C18H35IN4S. The third-order valence-corrected chi connectivity index (χ3v) is 4.97. The highest BCUT2D eigenvalue weighted by atomic mass is 127. The van der Waals surface area contributed by atoms with Crippen LogP contribution in [0.25, 0.3) is 0 Å². The average molecular weight is 466 g/mol. The van der Waals surface area contributed by atoms with Crippen molar-refractivity contribution in [3.8, 4) is 0 Å². The molecular weight excluding hydrogens is 431 g/mol. The third-order valence-electron chi connectivity index (χ3n) is 4.03. The minimum atomic E-state index is 0. The molecule has 1 rings (SSSR count). The number of nitrogens with zero attached hydrogens (tertiary/aromatic N) is 3. The second-order valence-corrected chi connectivity index (χ2v) is 7.30. The fraction of sp³-hybridized carbons (Fsp3) is 0.722. The van der Waals surface area contributed by atoms with Gasteiger partial charge in [0.1, 0.15) is 0 Å². The van der Waals surface area contributed by atoms with Crippen molar-refractivity contribution in [1.82, 2.24) is 15.1 Å². The van der Waals surface area contributed by atoms with Gasteiger partial charge in [0.2, 0.25) is 0 Å². The van der Waals surface area contributed by atoms with E-state index in [9.17, 15) is 0 Å². The Kier molecular flexibility index (Phi) is 13.7. The van der Waals surface area contributed by atoms with Gasteiger partial charge in [-0.05, 0) is 65.1 Å². The fourth-order valence-corrected chi connectivity index (χ4v) is 2.92. The van der Waals surface area contributed by atoms with E-state index in [1.807, 2.05) is 11.3 Å². The summed E-state index contributed by atoms with van der Waals surface area (Å²) in [6.07, 6.45) is 3.43. The summed E-state index contributed by atoms with van der Waals surface area (Å²) in [6, 6.07) is 4.94. The van der Waals surface area contributed by atoms with Gasteiger partial charge in [-0.1, -0.05) is 6.07 Å². The molecule has 140 valence electrons. The number of hydrogen-bond donors (Lipinski definition) is 1. The molecule has 0 saturated carbocycles. The first-order valence-electron chi connectivity index (χ1n) is 8.76. The minimum absolute atomic E-state index is 0. The minimum Gasteiger partial charge on any atom is -0.357 e. The number of rotatable bonds is 10. The highest BCUT2D eigenvalue weighted by Gasteiger charge is 2.06. The Balaban J connectivity index is 0.00000529. The van der Waals surface area contributed by atoms with Crippen LogP contribution in [-0.4, -0.2) is 62.1 Å². The number of thiophene rings is 1. The molecule has 4 nitrogen and oxygen atoms in total. The zero-order valence-electron chi connectivity index (χ0n) is 15.9. The van der Waals surface area contributed by atoms with Crippen molar-refractivity contribution in [2.45, 2.75) is 46.1 Å². The van der Waals surface area contributed by atoms with Crippen LogP contribution in [-0.2, 0) is 6.42 Å². The Morgan fingerprint density at radius 1 is 1.25 bits per heavy atom. The molecule has 0 atom stereocenters. The lowest BCUT2D eigenvalue weighted by molar-refractivity contribution is 0.269. The zero-order chi connectivity index (χ0) is 17.1. The lowest BCUT2D eigenvalue weighted by Crippen LogP contribution is -2.40. The number of halogens is 1. The molecule has 0 amide bonds. The van der Waals surface area contributed by atoms with Crippen LogP contribution in [0, 0.1) is 0 Å². The van der Waals surface area contributed by atoms with Crippen molar-refractivity contribution in [1.29, 1.82) is 0 Å². The Morgan fingerprint density at radius 3 is 2.58 bits per heavy atom. The molecule has 0 aliphatic rings. The summed E-state index contributed by atoms with van der Waals surface area (Å²) in [7, 11) is 4.32. The van der Waals surface area contributed by atoms with Crippen molar-refractivity contribution in [2.24, 2.45) is 4.99 Å². The van der Waals surface area contributed by atoms with Crippen molar-refractivity contribution < 1.29 is 0 Å². The van der Waals surface area contributed by atoms with Gasteiger partial charge in [0.25, 0.3) is 0 Å². The van der Waals surface area contributed by atoms with Gasteiger partial charge in [-0.25, -0.2) is 0 Å². The molecule has 0 spiro atoms. The topological polar surface area (TPSA) is 30.9 Å². The van der Waals surface area contributed by atoms with Crippen LogP contribution in [0.5, 0.6) is 0 Å². The van der Waals surface area contributed by atoms with Crippen molar-refractivity contribution >= 4 is 41.3 Å². The standard InChI is InChI=1S/C18H34N4S.HI/c1-6-19-18(20-12-7-8-13-21(4)16(2)3)22(5)14-11-17-10-9-15-23-17;/h9-10,15-16H,6-8,11-14H2,1-5H3,(H,19,20);1H. The maximum Gasteiger partial charge on any atom is 0.193 e. The van der Waals surface area contributed by atoms with Crippen LogP contribution >= 0.6 is 35.3 Å². The second-order valence-electron chi connectivity index (χ2n) is 6.27. The van der Waals surface area contributed by atoms with E-state index in [1.54, 1.807) is 0 Å². The lowest BCUT2D eigenvalue weighted by atomic mass is 10.2. The van der Waals surface area contributed by atoms with Crippen molar-refractivity contribution in [3.05, 3.63) is 22.4 Å². The smallest absolute Gasteiger partial charge is 0.193 e. The Bertz CT molecular complexity index is 434. The van der Waals surface area contributed by atoms with Gasteiger partial charge in [0.05, 0.1) is 0 Å². The highest BCUT2D eigenvalue weighted by Crippen LogP contribution is 2.09. The summed E-state index contributed by atoms with van der Waals surface area (Å²) in [5, 5.41) is 5.54. The van der Waals surface area contributed by atoms with Gasteiger partial charge in [-0.2, -0.15) is 0 Å². The van der Waals surface area contributed by atoms with Crippen LogP contribution < -0.4 is 5.32 Å². The quantitative estimate of drug-likeness (QED) is 0.245. The number of likely N-dealkylation sites (N-methyl/N-ethyl adjacent to an activating group) is 1. The molecule has 0 fully saturated rings. The first kappa shape index (κ1) is 23.7. The van der Waals surface area contributed by atoms with Gasteiger partial charge in [0, 0.05) is 37.6 Å².